The van der Waals surface area contributed by atoms with E-state index in [1.54, 1.807) is 0 Å². The predicted molar refractivity (Wildman–Crippen MR) is 96.8 cm³/mol. The Hall–Kier alpha value is -1.65. The summed E-state index contributed by atoms with van der Waals surface area (Å²) in [5.74, 6) is 4.75. The number of carbonyl (C=O) groups excluding carboxylic acids is 1. The van der Waals surface area contributed by atoms with Crippen LogP contribution in [0, 0.1) is 17.8 Å². The van der Waals surface area contributed by atoms with Crippen LogP contribution in [0.4, 0.5) is 5.82 Å². The molecule has 1 aromatic heterocycles. The van der Waals surface area contributed by atoms with Crippen LogP contribution in [0.1, 0.15) is 73.7 Å². The first-order chi connectivity index (χ1) is 12.1. The Kier molecular flexibility index (Phi) is 3.54. The van der Waals surface area contributed by atoms with Crippen LogP contribution in [-0.2, 0) is 6.42 Å². The minimum Gasteiger partial charge on any atom is -0.353 e. The number of hydrogen-bond donors (Lipinski definition) is 1. The molecular weight excluding hydrogens is 312 g/mol. The van der Waals surface area contributed by atoms with Gasteiger partial charge in [-0.1, -0.05) is 13.8 Å². The maximum absolute atomic E-state index is 12.4. The molecule has 4 fully saturated rings. The van der Waals surface area contributed by atoms with E-state index in [-0.39, 0.29) is 11.8 Å². The summed E-state index contributed by atoms with van der Waals surface area (Å²) in [5, 5.41) is 2.96. The first-order valence-corrected chi connectivity index (χ1v) is 10.0. The van der Waals surface area contributed by atoms with Crippen molar-refractivity contribution in [3.05, 3.63) is 17.1 Å². The Balaban J connectivity index is 1.62. The van der Waals surface area contributed by atoms with Crippen molar-refractivity contribution >= 4 is 11.7 Å². The molecule has 2 saturated carbocycles. The zero-order valence-corrected chi connectivity index (χ0v) is 15.3. The summed E-state index contributed by atoms with van der Waals surface area (Å²) >= 11 is 0. The second kappa shape index (κ2) is 5.68. The highest BCUT2D eigenvalue weighted by atomic mass is 16.1. The fourth-order valence-electron chi connectivity index (χ4n) is 5.83. The van der Waals surface area contributed by atoms with E-state index in [1.165, 1.54) is 32.1 Å². The number of nitrogens with zero attached hydrogens (tertiary/aromatic N) is 3. The van der Waals surface area contributed by atoms with Crippen LogP contribution in [0.25, 0.3) is 0 Å². The number of hydrogen-bond acceptors (Lipinski definition) is 4. The van der Waals surface area contributed by atoms with Crippen LogP contribution >= 0.6 is 0 Å². The molecule has 5 aliphatic rings. The average Bonchev–Trinajstić information content (AvgIpc) is 2.78. The molecule has 25 heavy (non-hydrogen) atoms. The molecule has 0 aromatic carbocycles. The number of amides is 1. The van der Waals surface area contributed by atoms with Crippen molar-refractivity contribution in [3.63, 3.8) is 0 Å². The molecule has 1 aromatic rings. The minimum absolute atomic E-state index is 0.0209. The smallest absolute Gasteiger partial charge is 0.270 e. The number of fused-ring (bicyclic) bond motifs is 2. The van der Waals surface area contributed by atoms with Gasteiger partial charge in [-0.2, -0.15) is 0 Å². The molecule has 134 valence electrons. The molecule has 2 saturated heterocycles. The van der Waals surface area contributed by atoms with E-state index in [2.05, 4.69) is 29.0 Å². The van der Waals surface area contributed by atoms with Gasteiger partial charge in [0.05, 0.1) is 0 Å². The molecule has 2 unspecified atom stereocenters. The summed E-state index contributed by atoms with van der Waals surface area (Å²) in [5.41, 5.74) is 1.72. The number of rotatable bonds is 2. The Labute approximate surface area is 149 Å². The van der Waals surface area contributed by atoms with Crippen molar-refractivity contribution in [1.82, 2.24) is 15.3 Å². The van der Waals surface area contributed by atoms with Gasteiger partial charge in [0.15, 0.2) is 0 Å². The Morgan fingerprint density at radius 1 is 1.04 bits per heavy atom. The SMILES string of the molecule is CC(C)c1nc2c(c(N3CC4CC5CC(C4)CC3C5)n1)CCNC2=O. The molecule has 2 atom stereocenters. The van der Waals surface area contributed by atoms with E-state index in [9.17, 15) is 4.79 Å². The number of aromatic nitrogens is 2. The van der Waals surface area contributed by atoms with E-state index in [4.69, 9.17) is 4.98 Å². The number of anilines is 1. The molecule has 0 radical (unpaired) electrons. The fourth-order valence-corrected chi connectivity index (χ4v) is 5.83. The second-order valence-corrected chi connectivity index (χ2v) is 8.98. The monoisotopic (exact) mass is 340 g/mol. The summed E-state index contributed by atoms with van der Waals surface area (Å²) < 4.78 is 0. The summed E-state index contributed by atoms with van der Waals surface area (Å²) in [7, 11) is 0. The van der Waals surface area contributed by atoms with Gasteiger partial charge in [-0.15, -0.1) is 0 Å². The third kappa shape index (κ3) is 2.54. The third-order valence-electron chi connectivity index (χ3n) is 6.77. The van der Waals surface area contributed by atoms with Crippen LogP contribution < -0.4 is 10.2 Å². The Bertz CT molecular complexity index is 702. The highest BCUT2D eigenvalue weighted by Crippen LogP contribution is 2.48. The summed E-state index contributed by atoms with van der Waals surface area (Å²) in [6, 6.07) is 0.611. The first-order valence-electron chi connectivity index (χ1n) is 10.0. The van der Waals surface area contributed by atoms with Gasteiger partial charge in [0.1, 0.15) is 17.3 Å². The van der Waals surface area contributed by atoms with Crippen molar-refractivity contribution in [2.24, 2.45) is 17.8 Å². The average molecular weight is 340 g/mol. The molecule has 1 amide bonds. The molecular formula is C20H28N4O. The van der Waals surface area contributed by atoms with Crippen molar-refractivity contribution in [2.75, 3.05) is 18.0 Å². The van der Waals surface area contributed by atoms with Crippen molar-refractivity contribution in [2.45, 2.75) is 64.3 Å². The molecule has 1 N–H and O–H groups in total. The predicted octanol–water partition coefficient (Wildman–Crippen LogP) is 2.90. The normalized spacial score (nSPS) is 33.4. The lowest BCUT2D eigenvalue weighted by molar-refractivity contribution is 0.0939. The van der Waals surface area contributed by atoms with E-state index >= 15 is 0 Å². The molecule has 4 bridgehead atoms. The third-order valence-corrected chi connectivity index (χ3v) is 6.77. The van der Waals surface area contributed by atoms with Gasteiger partial charge in [0.25, 0.3) is 5.91 Å². The standard InChI is InChI=1S/C20H28N4O/c1-11(2)18-22-17-16(3-4-21-20(17)25)19(23-18)24-10-14-6-12-5-13(7-14)9-15(24)8-12/h11-15H,3-10H2,1-2H3,(H,21,25). The zero-order valence-electron chi connectivity index (χ0n) is 15.3. The van der Waals surface area contributed by atoms with Gasteiger partial charge in [-0.3, -0.25) is 4.79 Å². The summed E-state index contributed by atoms with van der Waals surface area (Å²) in [6.07, 6.45) is 7.73. The van der Waals surface area contributed by atoms with E-state index < -0.39 is 0 Å². The topological polar surface area (TPSA) is 58.1 Å². The minimum atomic E-state index is -0.0209. The molecule has 2 aliphatic carbocycles. The van der Waals surface area contributed by atoms with Gasteiger partial charge < -0.3 is 10.2 Å². The van der Waals surface area contributed by atoms with Crippen molar-refractivity contribution in [1.29, 1.82) is 0 Å². The van der Waals surface area contributed by atoms with E-state index in [1.807, 2.05) is 0 Å². The quantitative estimate of drug-likeness (QED) is 0.899. The van der Waals surface area contributed by atoms with Gasteiger partial charge in [0, 0.05) is 30.6 Å². The van der Waals surface area contributed by atoms with Crippen LogP contribution in [0.3, 0.4) is 0 Å². The van der Waals surface area contributed by atoms with Crippen LogP contribution in [0.15, 0.2) is 0 Å². The highest BCUT2D eigenvalue weighted by Gasteiger charge is 2.44. The lowest BCUT2D eigenvalue weighted by Crippen LogP contribution is -2.41. The van der Waals surface area contributed by atoms with Crippen molar-refractivity contribution in [3.8, 4) is 0 Å². The fraction of sp³-hybridized carbons (Fsp3) is 0.750. The molecule has 4 heterocycles. The van der Waals surface area contributed by atoms with E-state index in [0.29, 0.717) is 18.3 Å². The molecule has 5 heteroatoms. The van der Waals surface area contributed by atoms with Gasteiger partial charge >= 0.3 is 0 Å². The van der Waals surface area contributed by atoms with Crippen LogP contribution in [0.2, 0.25) is 0 Å². The lowest BCUT2D eigenvalue weighted by atomic mass is 9.68. The number of nitrogens with one attached hydrogen (secondary N) is 1. The lowest BCUT2D eigenvalue weighted by Gasteiger charge is -2.39. The molecule has 3 aliphatic heterocycles. The van der Waals surface area contributed by atoms with Crippen LogP contribution in [-0.4, -0.2) is 35.0 Å². The molecule has 5 nitrogen and oxygen atoms in total. The maximum Gasteiger partial charge on any atom is 0.270 e. The van der Waals surface area contributed by atoms with Crippen molar-refractivity contribution < 1.29 is 4.79 Å². The zero-order chi connectivity index (χ0) is 17.1. The largest absolute Gasteiger partial charge is 0.353 e. The van der Waals surface area contributed by atoms with Gasteiger partial charge in [0.2, 0.25) is 0 Å². The second-order valence-electron chi connectivity index (χ2n) is 8.98. The van der Waals surface area contributed by atoms with E-state index in [0.717, 1.165) is 47.9 Å². The summed E-state index contributed by atoms with van der Waals surface area (Å²) in [4.78, 5) is 24.7. The number of carbonyl (C=O) groups is 1. The summed E-state index contributed by atoms with van der Waals surface area (Å²) in [6.45, 7) is 6.06. The van der Waals surface area contributed by atoms with Gasteiger partial charge in [-0.25, -0.2) is 9.97 Å². The molecule has 6 rings (SSSR count). The Morgan fingerprint density at radius 2 is 1.76 bits per heavy atom. The first kappa shape index (κ1) is 15.6. The van der Waals surface area contributed by atoms with Crippen LogP contribution in [0.5, 0.6) is 0 Å². The Morgan fingerprint density at radius 3 is 2.48 bits per heavy atom. The molecule has 0 spiro atoms. The van der Waals surface area contributed by atoms with Gasteiger partial charge in [-0.05, 0) is 56.3 Å². The maximum atomic E-state index is 12.4. The highest BCUT2D eigenvalue weighted by molar-refractivity contribution is 5.96.